The van der Waals surface area contributed by atoms with Crippen LogP contribution >= 0.6 is 0 Å². The summed E-state index contributed by atoms with van der Waals surface area (Å²) in [7, 11) is 0. The molecule has 0 bridgehead atoms. The number of benzene rings is 2. The quantitative estimate of drug-likeness (QED) is 0.465. The molecule has 0 radical (unpaired) electrons. The molecule has 1 heterocycles. The Bertz CT molecular complexity index is 1120. The van der Waals surface area contributed by atoms with E-state index in [2.05, 4.69) is 6.07 Å². The fourth-order valence-electron chi connectivity index (χ4n) is 3.15. The summed E-state index contributed by atoms with van der Waals surface area (Å²) in [5.74, 6) is -0.486. The number of aromatic nitrogens is 1. The lowest BCUT2D eigenvalue weighted by Gasteiger charge is -2.10. The molecule has 3 rings (SSSR count). The average molecular weight is 388 g/mol. The van der Waals surface area contributed by atoms with Gasteiger partial charge in [0.2, 0.25) is 0 Å². The van der Waals surface area contributed by atoms with E-state index in [1.165, 1.54) is 10.6 Å². The summed E-state index contributed by atoms with van der Waals surface area (Å²) in [6, 6.07) is 16.5. The highest BCUT2D eigenvalue weighted by atomic mass is 16.5. The zero-order valence-electron chi connectivity index (χ0n) is 16.2. The molecule has 0 fully saturated rings. The van der Waals surface area contributed by atoms with Crippen LogP contribution in [0, 0.1) is 11.3 Å². The molecule has 3 aromatic rings. The highest BCUT2D eigenvalue weighted by molar-refractivity contribution is 6.05. The molecule has 2 aromatic carbocycles. The standard InChI is InChI=1S/C23H20N2O4/c1-3-28-21(26)13-11-18-19-14-16(15-24)10-12-20(19)25(23(27)29-4-2)22(18)17-8-6-5-7-9-17/h5-14H,3-4H2,1-2H3/b13-11+. The van der Waals surface area contributed by atoms with Gasteiger partial charge in [-0.15, -0.1) is 0 Å². The van der Waals surface area contributed by atoms with Gasteiger partial charge >= 0.3 is 12.1 Å². The van der Waals surface area contributed by atoms with Gasteiger partial charge in [-0.05, 0) is 43.7 Å². The molecule has 0 amide bonds. The van der Waals surface area contributed by atoms with Crippen LogP contribution in [0.4, 0.5) is 4.79 Å². The average Bonchev–Trinajstić information content (AvgIpc) is 3.06. The highest BCUT2D eigenvalue weighted by Crippen LogP contribution is 2.35. The van der Waals surface area contributed by atoms with Crippen molar-refractivity contribution in [3.63, 3.8) is 0 Å². The van der Waals surface area contributed by atoms with Crippen molar-refractivity contribution in [3.8, 4) is 17.3 Å². The number of esters is 1. The van der Waals surface area contributed by atoms with E-state index in [9.17, 15) is 14.9 Å². The molecular formula is C23H20N2O4. The van der Waals surface area contributed by atoms with E-state index < -0.39 is 12.1 Å². The van der Waals surface area contributed by atoms with Crippen molar-refractivity contribution < 1.29 is 19.1 Å². The minimum Gasteiger partial charge on any atom is -0.463 e. The summed E-state index contributed by atoms with van der Waals surface area (Å²) >= 11 is 0. The van der Waals surface area contributed by atoms with E-state index in [1.54, 1.807) is 38.1 Å². The first kappa shape index (κ1) is 19.9. The molecule has 0 saturated heterocycles. The van der Waals surface area contributed by atoms with Crippen LogP contribution in [0.25, 0.3) is 28.2 Å². The fourth-order valence-corrected chi connectivity index (χ4v) is 3.15. The van der Waals surface area contributed by atoms with Crippen LogP contribution in [-0.2, 0) is 14.3 Å². The number of nitrogens with zero attached hydrogens (tertiary/aromatic N) is 2. The smallest absolute Gasteiger partial charge is 0.418 e. The first-order valence-electron chi connectivity index (χ1n) is 9.26. The monoisotopic (exact) mass is 388 g/mol. The number of carbonyl (C=O) groups is 2. The fraction of sp³-hybridized carbons (Fsp3) is 0.174. The van der Waals surface area contributed by atoms with Crippen molar-refractivity contribution in [2.24, 2.45) is 0 Å². The Hall–Kier alpha value is -3.85. The van der Waals surface area contributed by atoms with Crippen LogP contribution in [0.2, 0.25) is 0 Å². The van der Waals surface area contributed by atoms with Gasteiger partial charge in [0, 0.05) is 17.0 Å². The molecule has 1 aromatic heterocycles. The normalized spacial score (nSPS) is 10.8. The molecule has 0 aliphatic heterocycles. The van der Waals surface area contributed by atoms with Crippen molar-refractivity contribution >= 4 is 29.0 Å². The number of ether oxygens (including phenoxy) is 2. The molecule has 0 saturated carbocycles. The van der Waals surface area contributed by atoms with Crippen LogP contribution in [0.15, 0.2) is 54.6 Å². The maximum Gasteiger partial charge on any atom is 0.418 e. The lowest BCUT2D eigenvalue weighted by atomic mass is 10.0. The molecule has 0 unspecified atom stereocenters. The second kappa shape index (κ2) is 8.89. The Morgan fingerprint density at radius 3 is 2.45 bits per heavy atom. The molecule has 0 N–H and O–H groups in total. The molecule has 0 spiro atoms. The van der Waals surface area contributed by atoms with Crippen LogP contribution < -0.4 is 0 Å². The lowest BCUT2D eigenvalue weighted by Crippen LogP contribution is -2.14. The zero-order chi connectivity index (χ0) is 20.8. The molecule has 146 valence electrons. The summed E-state index contributed by atoms with van der Waals surface area (Å²) in [4.78, 5) is 24.7. The topological polar surface area (TPSA) is 81.3 Å². The van der Waals surface area contributed by atoms with Gasteiger partial charge in [0.05, 0.1) is 36.1 Å². The molecule has 6 heteroatoms. The first-order chi connectivity index (χ1) is 14.1. The maximum atomic E-state index is 12.8. The third-order valence-corrected chi connectivity index (χ3v) is 4.31. The van der Waals surface area contributed by atoms with Crippen LogP contribution in [0.1, 0.15) is 25.0 Å². The number of rotatable bonds is 5. The summed E-state index contributed by atoms with van der Waals surface area (Å²) in [5, 5.41) is 9.99. The van der Waals surface area contributed by atoms with Crippen molar-refractivity contribution in [1.29, 1.82) is 5.26 Å². The van der Waals surface area contributed by atoms with E-state index in [0.717, 1.165) is 5.56 Å². The SMILES string of the molecule is CCOC(=O)/C=C/c1c(-c2ccccc2)n(C(=O)OCC)c2ccc(C#N)cc12. The molecule has 0 aliphatic rings. The van der Waals surface area contributed by atoms with Gasteiger partial charge in [0.25, 0.3) is 0 Å². The number of fused-ring (bicyclic) bond motifs is 1. The summed E-state index contributed by atoms with van der Waals surface area (Å²) in [5.41, 5.74) is 3.02. The van der Waals surface area contributed by atoms with Gasteiger partial charge in [-0.2, -0.15) is 5.26 Å². The van der Waals surface area contributed by atoms with E-state index in [-0.39, 0.29) is 13.2 Å². The van der Waals surface area contributed by atoms with Gasteiger partial charge in [0.15, 0.2) is 0 Å². The summed E-state index contributed by atoms with van der Waals surface area (Å²) in [6.07, 6.45) is 2.40. The van der Waals surface area contributed by atoms with Crippen LogP contribution in [0.5, 0.6) is 0 Å². The number of hydrogen-bond acceptors (Lipinski definition) is 5. The number of carbonyl (C=O) groups excluding carboxylic acids is 2. The van der Waals surface area contributed by atoms with Gasteiger partial charge in [-0.3, -0.25) is 0 Å². The summed E-state index contributed by atoms with van der Waals surface area (Å²) < 4.78 is 11.7. The van der Waals surface area contributed by atoms with Crippen molar-refractivity contribution in [2.75, 3.05) is 13.2 Å². The van der Waals surface area contributed by atoms with Crippen LogP contribution in [-0.4, -0.2) is 29.8 Å². The van der Waals surface area contributed by atoms with E-state index in [4.69, 9.17) is 9.47 Å². The zero-order valence-corrected chi connectivity index (χ0v) is 16.2. The minimum atomic E-state index is -0.531. The first-order valence-corrected chi connectivity index (χ1v) is 9.26. The number of nitriles is 1. The lowest BCUT2D eigenvalue weighted by molar-refractivity contribution is -0.137. The Morgan fingerprint density at radius 1 is 1.07 bits per heavy atom. The predicted octanol–water partition coefficient (Wildman–Crippen LogP) is 4.76. The predicted molar refractivity (Wildman–Crippen MR) is 110 cm³/mol. The van der Waals surface area contributed by atoms with Gasteiger partial charge in [-0.1, -0.05) is 30.3 Å². The molecule has 0 aliphatic carbocycles. The second-order valence-corrected chi connectivity index (χ2v) is 6.09. The van der Waals surface area contributed by atoms with Crippen molar-refractivity contribution in [2.45, 2.75) is 13.8 Å². The van der Waals surface area contributed by atoms with E-state index in [1.807, 2.05) is 30.3 Å². The largest absolute Gasteiger partial charge is 0.463 e. The van der Waals surface area contributed by atoms with E-state index in [0.29, 0.717) is 27.7 Å². The van der Waals surface area contributed by atoms with Gasteiger partial charge in [0.1, 0.15) is 0 Å². The highest BCUT2D eigenvalue weighted by Gasteiger charge is 2.22. The van der Waals surface area contributed by atoms with Gasteiger partial charge < -0.3 is 9.47 Å². The van der Waals surface area contributed by atoms with Crippen molar-refractivity contribution in [3.05, 3.63) is 65.7 Å². The Morgan fingerprint density at radius 2 is 1.79 bits per heavy atom. The van der Waals surface area contributed by atoms with Gasteiger partial charge in [-0.25, -0.2) is 14.2 Å². The minimum absolute atomic E-state index is 0.219. The summed E-state index contributed by atoms with van der Waals surface area (Å²) in [6.45, 7) is 3.95. The second-order valence-electron chi connectivity index (χ2n) is 6.09. The van der Waals surface area contributed by atoms with E-state index >= 15 is 0 Å². The third-order valence-electron chi connectivity index (χ3n) is 4.31. The molecule has 29 heavy (non-hydrogen) atoms. The van der Waals surface area contributed by atoms with Crippen LogP contribution in [0.3, 0.4) is 0 Å². The third kappa shape index (κ3) is 4.04. The van der Waals surface area contributed by atoms with Crippen molar-refractivity contribution in [1.82, 2.24) is 4.57 Å². The molecule has 0 atom stereocenters. The number of hydrogen-bond donors (Lipinski definition) is 0. The maximum absolute atomic E-state index is 12.8. The Labute approximate surface area is 168 Å². The molecule has 6 nitrogen and oxygen atoms in total. The molecular weight excluding hydrogens is 368 g/mol. The Balaban J connectivity index is 2.36. The Kier molecular flexibility index (Phi) is 6.10.